The van der Waals surface area contributed by atoms with Crippen LogP contribution in [0.4, 0.5) is 8.78 Å². The number of aliphatic hydroxyl groups excluding tert-OH is 1. The molecule has 0 aliphatic heterocycles. The van der Waals surface area contributed by atoms with Crippen LogP contribution in [0.2, 0.25) is 0 Å². The Morgan fingerprint density at radius 1 is 0.952 bits per heavy atom. The highest BCUT2D eigenvalue weighted by atomic mass is 19.1. The van der Waals surface area contributed by atoms with Gasteiger partial charge in [0.1, 0.15) is 17.7 Å². The van der Waals surface area contributed by atoms with Gasteiger partial charge >= 0.3 is 0 Å². The maximum absolute atomic E-state index is 13.9. The van der Waals surface area contributed by atoms with Crippen molar-refractivity contribution in [2.75, 3.05) is 0 Å². The molecule has 21 heavy (non-hydrogen) atoms. The van der Waals surface area contributed by atoms with Crippen molar-refractivity contribution in [1.82, 2.24) is 0 Å². The Morgan fingerprint density at radius 2 is 1.52 bits per heavy atom. The fourth-order valence-electron chi connectivity index (χ4n) is 2.22. The molecule has 1 nitrogen and oxygen atoms in total. The summed E-state index contributed by atoms with van der Waals surface area (Å²) in [6, 6.07) is 9.48. The largest absolute Gasteiger partial charge is 0.384 e. The topological polar surface area (TPSA) is 20.2 Å². The molecule has 0 fully saturated rings. The van der Waals surface area contributed by atoms with Crippen LogP contribution in [0.25, 0.3) is 0 Å². The fraction of sp³-hybridized carbons (Fsp3) is 0.333. The molecule has 0 saturated carbocycles. The molecule has 0 radical (unpaired) electrons. The summed E-state index contributed by atoms with van der Waals surface area (Å²) in [5, 5.41) is 10.3. The van der Waals surface area contributed by atoms with E-state index in [2.05, 4.69) is 20.8 Å². The zero-order chi connectivity index (χ0) is 15.8. The Bertz CT molecular complexity index is 640. The second-order valence-electron chi connectivity index (χ2n) is 6.40. The Labute approximate surface area is 124 Å². The molecule has 0 bridgehead atoms. The van der Waals surface area contributed by atoms with E-state index in [1.54, 1.807) is 12.1 Å². The van der Waals surface area contributed by atoms with Crippen molar-refractivity contribution in [3.63, 3.8) is 0 Å². The summed E-state index contributed by atoms with van der Waals surface area (Å²) in [7, 11) is 0. The summed E-state index contributed by atoms with van der Waals surface area (Å²) in [5.74, 6) is -1.11. The predicted molar refractivity (Wildman–Crippen MR) is 80.3 cm³/mol. The van der Waals surface area contributed by atoms with Crippen LogP contribution in [0.15, 0.2) is 36.4 Å². The van der Waals surface area contributed by atoms with Gasteiger partial charge in [-0.25, -0.2) is 8.78 Å². The zero-order valence-corrected chi connectivity index (χ0v) is 12.7. The van der Waals surface area contributed by atoms with E-state index in [-0.39, 0.29) is 16.5 Å². The Balaban J connectivity index is 2.36. The van der Waals surface area contributed by atoms with Crippen molar-refractivity contribution in [1.29, 1.82) is 0 Å². The molecule has 2 aromatic carbocycles. The maximum atomic E-state index is 13.9. The first-order chi connectivity index (χ1) is 9.70. The number of hydrogen-bond acceptors (Lipinski definition) is 1. The summed E-state index contributed by atoms with van der Waals surface area (Å²) < 4.78 is 27.5. The molecule has 3 heteroatoms. The quantitative estimate of drug-likeness (QED) is 0.853. The smallest absolute Gasteiger partial charge is 0.129 e. The first-order valence-corrected chi connectivity index (χ1v) is 6.94. The van der Waals surface area contributed by atoms with Crippen LogP contribution in [-0.2, 0) is 5.41 Å². The van der Waals surface area contributed by atoms with E-state index < -0.39 is 17.7 Å². The number of halogens is 2. The van der Waals surface area contributed by atoms with Gasteiger partial charge in [0.05, 0.1) is 0 Å². The van der Waals surface area contributed by atoms with E-state index in [4.69, 9.17) is 0 Å². The van der Waals surface area contributed by atoms with Gasteiger partial charge in [0.15, 0.2) is 0 Å². The lowest BCUT2D eigenvalue weighted by molar-refractivity contribution is 0.214. The number of hydrogen-bond donors (Lipinski definition) is 1. The van der Waals surface area contributed by atoms with E-state index in [0.29, 0.717) is 5.56 Å². The molecule has 1 atom stereocenters. The summed E-state index contributed by atoms with van der Waals surface area (Å²) in [6.07, 6.45) is -1.17. The van der Waals surface area contributed by atoms with E-state index in [1.807, 2.05) is 12.1 Å². The lowest BCUT2D eigenvalue weighted by Gasteiger charge is -2.20. The predicted octanol–water partition coefficient (Wildman–Crippen LogP) is 4.65. The molecule has 1 N–H and O–H groups in total. The Hall–Kier alpha value is -1.74. The Morgan fingerprint density at radius 3 is 2.05 bits per heavy atom. The number of aliphatic hydroxyl groups is 1. The molecule has 0 heterocycles. The molecule has 2 rings (SSSR count). The van der Waals surface area contributed by atoms with Crippen molar-refractivity contribution in [2.45, 2.75) is 39.2 Å². The third-order valence-electron chi connectivity index (χ3n) is 3.66. The minimum atomic E-state index is -1.17. The van der Waals surface area contributed by atoms with Crippen LogP contribution in [0, 0.1) is 18.6 Å². The summed E-state index contributed by atoms with van der Waals surface area (Å²) in [6.45, 7) is 7.76. The fourth-order valence-corrected chi connectivity index (χ4v) is 2.22. The molecule has 0 aromatic heterocycles. The summed E-state index contributed by atoms with van der Waals surface area (Å²) >= 11 is 0. The molecule has 0 saturated heterocycles. The van der Waals surface area contributed by atoms with E-state index in [0.717, 1.165) is 17.7 Å². The minimum absolute atomic E-state index is 0.00466. The van der Waals surface area contributed by atoms with Gasteiger partial charge in [-0.15, -0.1) is 0 Å². The third kappa shape index (κ3) is 3.30. The summed E-state index contributed by atoms with van der Waals surface area (Å²) in [4.78, 5) is 0. The lowest BCUT2D eigenvalue weighted by Crippen LogP contribution is -2.11. The van der Waals surface area contributed by atoms with E-state index >= 15 is 0 Å². The van der Waals surface area contributed by atoms with Gasteiger partial charge in [0.2, 0.25) is 0 Å². The van der Waals surface area contributed by atoms with Gasteiger partial charge in [-0.3, -0.25) is 0 Å². The average molecular weight is 290 g/mol. The average Bonchev–Trinajstić information content (AvgIpc) is 2.41. The summed E-state index contributed by atoms with van der Waals surface area (Å²) in [5.41, 5.74) is 1.86. The van der Waals surface area contributed by atoms with Gasteiger partial charge in [0, 0.05) is 5.56 Å². The maximum Gasteiger partial charge on any atom is 0.129 e. The molecule has 0 aliphatic rings. The van der Waals surface area contributed by atoms with Crippen LogP contribution in [0.3, 0.4) is 0 Å². The Kier molecular flexibility index (Phi) is 4.15. The van der Waals surface area contributed by atoms with Crippen LogP contribution in [0.5, 0.6) is 0 Å². The van der Waals surface area contributed by atoms with Crippen LogP contribution in [0.1, 0.15) is 49.1 Å². The highest BCUT2D eigenvalue weighted by Gasteiger charge is 2.19. The van der Waals surface area contributed by atoms with Gasteiger partial charge in [-0.05, 0) is 41.2 Å². The van der Waals surface area contributed by atoms with Crippen LogP contribution in [-0.4, -0.2) is 5.11 Å². The van der Waals surface area contributed by atoms with Crippen molar-refractivity contribution >= 4 is 0 Å². The molecule has 112 valence electrons. The zero-order valence-electron chi connectivity index (χ0n) is 12.7. The molecule has 0 amide bonds. The molecule has 1 unspecified atom stereocenters. The van der Waals surface area contributed by atoms with Crippen LogP contribution < -0.4 is 0 Å². The normalized spacial score (nSPS) is 13.3. The van der Waals surface area contributed by atoms with Gasteiger partial charge in [-0.1, -0.05) is 45.0 Å². The highest BCUT2D eigenvalue weighted by molar-refractivity contribution is 5.36. The SMILES string of the molecule is Cc1cc(F)c(C(O)c2ccc(C(C)(C)C)cc2)cc1F. The standard InChI is InChI=1S/C18H20F2O/c1-11-9-16(20)14(10-15(11)19)17(21)12-5-7-13(8-6-12)18(2,3)4/h5-10,17,21H,1-4H3. The van der Waals surface area contributed by atoms with Crippen molar-refractivity contribution in [3.8, 4) is 0 Å². The first-order valence-electron chi connectivity index (χ1n) is 6.94. The van der Waals surface area contributed by atoms with Gasteiger partial charge in [-0.2, -0.15) is 0 Å². The van der Waals surface area contributed by atoms with Crippen molar-refractivity contribution in [2.24, 2.45) is 0 Å². The molecular weight excluding hydrogens is 270 g/mol. The number of aryl methyl sites for hydroxylation is 1. The third-order valence-corrected chi connectivity index (χ3v) is 3.66. The monoisotopic (exact) mass is 290 g/mol. The second kappa shape index (κ2) is 5.57. The number of rotatable bonds is 2. The van der Waals surface area contributed by atoms with Crippen molar-refractivity contribution < 1.29 is 13.9 Å². The highest BCUT2D eigenvalue weighted by Crippen LogP contribution is 2.29. The van der Waals surface area contributed by atoms with Gasteiger partial charge in [0.25, 0.3) is 0 Å². The second-order valence-corrected chi connectivity index (χ2v) is 6.40. The molecule has 0 spiro atoms. The van der Waals surface area contributed by atoms with E-state index in [9.17, 15) is 13.9 Å². The minimum Gasteiger partial charge on any atom is -0.384 e. The lowest BCUT2D eigenvalue weighted by atomic mass is 9.86. The molecular formula is C18H20F2O. The van der Waals surface area contributed by atoms with Crippen LogP contribution >= 0.6 is 0 Å². The van der Waals surface area contributed by atoms with E-state index in [1.165, 1.54) is 6.92 Å². The number of benzene rings is 2. The van der Waals surface area contributed by atoms with Gasteiger partial charge < -0.3 is 5.11 Å². The molecule has 2 aromatic rings. The molecule has 0 aliphatic carbocycles. The first kappa shape index (κ1) is 15.6. The van der Waals surface area contributed by atoms with Crippen molar-refractivity contribution in [3.05, 3.63) is 70.3 Å².